The summed E-state index contributed by atoms with van der Waals surface area (Å²) in [5.74, 6) is 0. The molecular weight excluding hydrogens is 244 g/mol. The standard InChI is InChI=1S/C18H30N2/c1-5-9-15(2)20-14-18(4,19-13-12-16(20)3)17-10-7-6-8-11-17/h6-8,10-11,15-16,19H,5,9,12-14H2,1-4H3. The van der Waals surface area contributed by atoms with Crippen molar-refractivity contribution in [2.75, 3.05) is 13.1 Å². The van der Waals surface area contributed by atoms with Crippen molar-refractivity contribution in [3.05, 3.63) is 35.9 Å². The lowest BCUT2D eigenvalue weighted by molar-refractivity contribution is 0.120. The minimum Gasteiger partial charge on any atom is -0.306 e. The van der Waals surface area contributed by atoms with E-state index >= 15 is 0 Å². The maximum Gasteiger partial charge on any atom is 0.0535 e. The molecule has 1 aliphatic heterocycles. The maximum atomic E-state index is 3.79. The van der Waals surface area contributed by atoms with E-state index in [-0.39, 0.29) is 5.54 Å². The average Bonchev–Trinajstić information content (AvgIpc) is 2.60. The first-order valence-corrected chi connectivity index (χ1v) is 8.13. The van der Waals surface area contributed by atoms with E-state index in [1.165, 1.54) is 24.8 Å². The molecule has 0 spiro atoms. The molecule has 1 aromatic carbocycles. The number of hydrogen-bond donors (Lipinski definition) is 1. The Bertz CT molecular complexity index is 403. The highest BCUT2D eigenvalue weighted by atomic mass is 15.2. The van der Waals surface area contributed by atoms with Gasteiger partial charge in [-0.1, -0.05) is 43.7 Å². The molecule has 1 fully saturated rings. The second kappa shape index (κ2) is 6.73. The number of nitrogens with one attached hydrogen (secondary N) is 1. The summed E-state index contributed by atoms with van der Waals surface area (Å²) in [6.07, 6.45) is 3.78. The number of nitrogens with zero attached hydrogens (tertiary/aromatic N) is 1. The Morgan fingerprint density at radius 1 is 1.35 bits per heavy atom. The normalized spacial score (nSPS) is 29.9. The van der Waals surface area contributed by atoms with E-state index in [0.717, 1.165) is 13.1 Å². The zero-order valence-corrected chi connectivity index (χ0v) is 13.5. The van der Waals surface area contributed by atoms with Gasteiger partial charge in [-0.3, -0.25) is 4.90 Å². The van der Waals surface area contributed by atoms with Crippen LogP contribution in [-0.4, -0.2) is 30.1 Å². The molecule has 1 aromatic rings. The molecule has 2 rings (SSSR count). The molecule has 3 atom stereocenters. The van der Waals surface area contributed by atoms with Crippen LogP contribution in [0.1, 0.15) is 52.5 Å². The van der Waals surface area contributed by atoms with Crippen LogP contribution in [0.15, 0.2) is 30.3 Å². The fourth-order valence-corrected chi connectivity index (χ4v) is 3.47. The average molecular weight is 274 g/mol. The summed E-state index contributed by atoms with van der Waals surface area (Å²) >= 11 is 0. The molecule has 0 radical (unpaired) electrons. The van der Waals surface area contributed by atoms with Crippen molar-refractivity contribution < 1.29 is 0 Å². The van der Waals surface area contributed by atoms with Gasteiger partial charge in [-0.15, -0.1) is 0 Å². The van der Waals surface area contributed by atoms with Gasteiger partial charge in [0.15, 0.2) is 0 Å². The molecule has 1 N–H and O–H groups in total. The molecule has 0 aromatic heterocycles. The number of hydrogen-bond acceptors (Lipinski definition) is 2. The Hall–Kier alpha value is -0.860. The third kappa shape index (κ3) is 3.42. The highest BCUT2D eigenvalue weighted by molar-refractivity contribution is 5.24. The maximum absolute atomic E-state index is 3.79. The van der Waals surface area contributed by atoms with Crippen molar-refractivity contribution in [2.45, 2.75) is 64.6 Å². The summed E-state index contributed by atoms with van der Waals surface area (Å²) in [6.45, 7) is 11.6. The smallest absolute Gasteiger partial charge is 0.0535 e. The quantitative estimate of drug-likeness (QED) is 0.899. The van der Waals surface area contributed by atoms with Gasteiger partial charge < -0.3 is 5.32 Å². The second-order valence-corrected chi connectivity index (χ2v) is 6.57. The third-order valence-corrected chi connectivity index (χ3v) is 4.83. The van der Waals surface area contributed by atoms with Crippen LogP contribution >= 0.6 is 0 Å². The van der Waals surface area contributed by atoms with Crippen LogP contribution in [0.4, 0.5) is 0 Å². The summed E-state index contributed by atoms with van der Waals surface area (Å²) in [5.41, 5.74) is 1.47. The van der Waals surface area contributed by atoms with Crippen molar-refractivity contribution in [1.29, 1.82) is 0 Å². The van der Waals surface area contributed by atoms with Gasteiger partial charge in [0.2, 0.25) is 0 Å². The molecule has 112 valence electrons. The summed E-state index contributed by atoms with van der Waals surface area (Å²) in [4.78, 5) is 2.70. The summed E-state index contributed by atoms with van der Waals surface area (Å²) < 4.78 is 0. The van der Waals surface area contributed by atoms with Gasteiger partial charge in [0, 0.05) is 18.6 Å². The van der Waals surface area contributed by atoms with E-state index in [2.05, 4.69) is 68.2 Å². The summed E-state index contributed by atoms with van der Waals surface area (Å²) in [6, 6.07) is 12.2. The van der Waals surface area contributed by atoms with Gasteiger partial charge in [-0.25, -0.2) is 0 Å². The van der Waals surface area contributed by atoms with Gasteiger partial charge >= 0.3 is 0 Å². The van der Waals surface area contributed by atoms with Crippen LogP contribution in [-0.2, 0) is 5.54 Å². The van der Waals surface area contributed by atoms with Crippen LogP contribution < -0.4 is 5.32 Å². The minimum absolute atomic E-state index is 0.0635. The highest BCUT2D eigenvalue weighted by Crippen LogP contribution is 2.28. The van der Waals surface area contributed by atoms with E-state index < -0.39 is 0 Å². The first-order chi connectivity index (χ1) is 9.57. The van der Waals surface area contributed by atoms with Crippen molar-refractivity contribution in [2.24, 2.45) is 0 Å². The Morgan fingerprint density at radius 3 is 2.70 bits per heavy atom. The SMILES string of the molecule is CCCC(C)N1CC(C)(c2ccccc2)NCCC1C. The van der Waals surface area contributed by atoms with Crippen LogP contribution in [0.5, 0.6) is 0 Å². The Morgan fingerprint density at radius 2 is 2.05 bits per heavy atom. The zero-order chi connectivity index (χ0) is 14.6. The molecule has 1 saturated heterocycles. The molecule has 0 aliphatic carbocycles. The number of rotatable bonds is 4. The van der Waals surface area contributed by atoms with Gasteiger partial charge in [-0.05, 0) is 45.7 Å². The predicted molar refractivity (Wildman–Crippen MR) is 87.0 cm³/mol. The summed E-state index contributed by atoms with van der Waals surface area (Å²) in [5, 5.41) is 3.79. The largest absolute Gasteiger partial charge is 0.306 e. The Kier molecular flexibility index (Phi) is 5.22. The predicted octanol–water partition coefficient (Wildman–Crippen LogP) is 3.77. The van der Waals surface area contributed by atoms with Gasteiger partial charge in [-0.2, -0.15) is 0 Å². The minimum atomic E-state index is 0.0635. The molecule has 1 heterocycles. The molecule has 2 nitrogen and oxygen atoms in total. The lowest BCUT2D eigenvalue weighted by Crippen LogP contribution is -2.50. The van der Waals surface area contributed by atoms with Gasteiger partial charge in [0.05, 0.1) is 5.54 Å². The van der Waals surface area contributed by atoms with Crippen molar-refractivity contribution in [1.82, 2.24) is 10.2 Å². The van der Waals surface area contributed by atoms with Crippen molar-refractivity contribution in [3.63, 3.8) is 0 Å². The lowest BCUT2D eigenvalue weighted by Gasteiger charge is -2.39. The van der Waals surface area contributed by atoms with E-state index in [4.69, 9.17) is 0 Å². The van der Waals surface area contributed by atoms with Gasteiger partial charge in [0.25, 0.3) is 0 Å². The van der Waals surface area contributed by atoms with E-state index in [1.807, 2.05) is 0 Å². The van der Waals surface area contributed by atoms with Crippen LogP contribution in [0.2, 0.25) is 0 Å². The number of benzene rings is 1. The van der Waals surface area contributed by atoms with Crippen LogP contribution in [0.25, 0.3) is 0 Å². The molecular formula is C18H30N2. The van der Waals surface area contributed by atoms with E-state index in [0.29, 0.717) is 12.1 Å². The summed E-state index contributed by atoms with van der Waals surface area (Å²) in [7, 11) is 0. The second-order valence-electron chi connectivity index (χ2n) is 6.57. The molecule has 0 saturated carbocycles. The Labute approximate surface area is 124 Å². The first-order valence-electron chi connectivity index (χ1n) is 8.13. The van der Waals surface area contributed by atoms with E-state index in [1.54, 1.807) is 0 Å². The monoisotopic (exact) mass is 274 g/mol. The molecule has 1 aliphatic rings. The van der Waals surface area contributed by atoms with Crippen LogP contribution in [0.3, 0.4) is 0 Å². The van der Waals surface area contributed by atoms with Crippen molar-refractivity contribution in [3.8, 4) is 0 Å². The van der Waals surface area contributed by atoms with E-state index in [9.17, 15) is 0 Å². The molecule has 0 bridgehead atoms. The topological polar surface area (TPSA) is 15.3 Å². The fourth-order valence-electron chi connectivity index (χ4n) is 3.47. The zero-order valence-electron chi connectivity index (χ0n) is 13.5. The highest BCUT2D eigenvalue weighted by Gasteiger charge is 2.34. The molecule has 0 amide bonds. The molecule has 3 unspecified atom stereocenters. The fraction of sp³-hybridized carbons (Fsp3) is 0.667. The molecule has 20 heavy (non-hydrogen) atoms. The van der Waals surface area contributed by atoms with Gasteiger partial charge in [0.1, 0.15) is 0 Å². The third-order valence-electron chi connectivity index (χ3n) is 4.83. The first kappa shape index (κ1) is 15.5. The Balaban J connectivity index is 2.22. The van der Waals surface area contributed by atoms with Crippen LogP contribution in [0, 0.1) is 0 Å². The van der Waals surface area contributed by atoms with Crippen molar-refractivity contribution >= 4 is 0 Å². The molecule has 2 heteroatoms. The lowest BCUT2D eigenvalue weighted by atomic mass is 9.91.